The predicted octanol–water partition coefficient (Wildman–Crippen LogP) is 2.94. The summed E-state index contributed by atoms with van der Waals surface area (Å²) < 4.78 is 0.591. The Kier molecular flexibility index (Phi) is 5.30. The molecule has 1 rings (SSSR count). The van der Waals surface area contributed by atoms with E-state index in [1.165, 1.54) is 0 Å². The molecule has 0 unspecified atom stereocenters. The minimum Gasteiger partial charge on any atom is -0.477 e. The number of carbonyl (C=O) groups excluding carboxylic acids is 1. The summed E-state index contributed by atoms with van der Waals surface area (Å²) in [6.45, 7) is 1.82. The van der Waals surface area contributed by atoms with E-state index in [9.17, 15) is 14.7 Å². The van der Waals surface area contributed by atoms with Crippen molar-refractivity contribution in [3.05, 3.63) is 45.6 Å². The van der Waals surface area contributed by atoms with Gasteiger partial charge in [-0.2, -0.15) is 0 Å². The number of carbonyl (C=O) groups is 2. The molecule has 1 aromatic carbocycles. The van der Waals surface area contributed by atoms with E-state index < -0.39 is 11.8 Å². The molecule has 0 atom stereocenters. The fraction of sp³-hybridized carbons (Fsp3) is 0.286. The van der Waals surface area contributed by atoms with E-state index in [2.05, 4.69) is 15.9 Å². The number of hydrogen-bond donors (Lipinski definition) is 1. The zero-order valence-corrected chi connectivity index (χ0v) is 12.7. The topological polar surface area (TPSA) is 57.6 Å². The van der Waals surface area contributed by atoms with Gasteiger partial charge in [0.05, 0.1) is 0 Å². The zero-order valence-electron chi connectivity index (χ0n) is 11.1. The first-order valence-electron chi connectivity index (χ1n) is 5.83. The number of aliphatic carboxylic acids is 1. The van der Waals surface area contributed by atoms with Crippen LogP contribution in [0.25, 0.3) is 0 Å². The summed E-state index contributed by atoms with van der Waals surface area (Å²) in [6, 6.07) is 6.81. The molecule has 1 aromatic rings. The van der Waals surface area contributed by atoms with Crippen molar-refractivity contribution in [2.45, 2.75) is 13.3 Å². The minimum absolute atomic E-state index is 0.181. The Balaban J connectivity index is 3.41. The Morgan fingerprint density at radius 3 is 2.26 bits per heavy atom. The number of ketones is 1. The molecule has 0 saturated carbocycles. The van der Waals surface area contributed by atoms with Gasteiger partial charge in [-0.1, -0.05) is 35.0 Å². The van der Waals surface area contributed by atoms with Gasteiger partial charge >= 0.3 is 5.97 Å². The van der Waals surface area contributed by atoms with Gasteiger partial charge in [-0.15, -0.1) is 0 Å². The normalized spacial score (nSPS) is 11.8. The maximum atomic E-state index is 12.4. The molecule has 0 aliphatic rings. The highest BCUT2D eigenvalue weighted by atomic mass is 79.9. The van der Waals surface area contributed by atoms with Gasteiger partial charge in [0.2, 0.25) is 5.78 Å². The fourth-order valence-corrected chi connectivity index (χ4v) is 2.31. The van der Waals surface area contributed by atoms with Gasteiger partial charge < -0.3 is 10.0 Å². The lowest BCUT2D eigenvalue weighted by molar-refractivity contribution is -0.132. The predicted molar refractivity (Wildman–Crippen MR) is 77.1 cm³/mol. The van der Waals surface area contributed by atoms with Crippen molar-refractivity contribution in [3.63, 3.8) is 0 Å². The summed E-state index contributed by atoms with van der Waals surface area (Å²) in [5.74, 6) is -1.68. The summed E-state index contributed by atoms with van der Waals surface area (Å²) in [5, 5.41) is 9.33. The van der Waals surface area contributed by atoms with Gasteiger partial charge in [-0.05, 0) is 18.6 Å². The Morgan fingerprint density at radius 1 is 1.26 bits per heavy atom. The van der Waals surface area contributed by atoms with Crippen molar-refractivity contribution < 1.29 is 14.7 Å². The molecule has 5 heteroatoms. The first-order chi connectivity index (χ1) is 8.90. The number of nitrogens with zero attached hydrogens (tertiary/aromatic N) is 1. The number of Topliss-reactive ketones (excluding diaryl/α,β-unsaturated/α-hetero) is 1. The zero-order chi connectivity index (χ0) is 14.6. The van der Waals surface area contributed by atoms with E-state index in [0.717, 1.165) is 0 Å². The first kappa shape index (κ1) is 15.4. The third-order valence-corrected chi connectivity index (χ3v) is 3.41. The highest BCUT2D eigenvalue weighted by Gasteiger charge is 2.25. The number of benzene rings is 1. The summed E-state index contributed by atoms with van der Waals surface area (Å²) in [5.41, 5.74) is 0.681. The van der Waals surface area contributed by atoms with Crippen molar-refractivity contribution in [2.24, 2.45) is 0 Å². The Labute approximate surface area is 120 Å². The van der Waals surface area contributed by atoms with Crippen LogP contribution in [0, 0.1) is 0 Å². The first-order valence-corrected chi connectivity index (χ1v) is 6.62. The number of hydrogen-bond acceptors (Lipinski definition) is 3. The standard InChI is InChI=1S/C14H16BrNO3/c1-4-11(16(2)3)12(14(18)19)13(17)9-7-5-6-8-10(9)15/h5-8H,4H2,1-3H3,(H,18,19). The molecule has 4 nitrogen and oxygen atoms in total. The number of carboxylic acids is 1. The number of carboxylic acid groups (broad SMARTS) is 1. The fourth-order valence-electron chi connectivity index (χ4n) is 1.85. The lowest BCUT2D eigenvalue weighted by Gasteiger charge is -2.18. The van der Waals surface area contributed by atoms with Crippen LogP contribution in [-0.4, -0.2) is 35.9 Å². The molecule has 19 heavy (non-hydrogen) atoms. The molecular weight excluding hydrogens is 310 g/mol. The van der Waals surface area contributed by atoms with Crippen LogP contribution >= 0.6 is 15.9 Å². The third kappa shape index (κ3) is 3.44. The van der Waals surface area contributed by atoms with Gasteiger partial charge in [0, 0.05) is 29.8 Å². The summed E-state index contributed by atoms with van der Waals surface area (Å²) >= 11 is 3.27. The Hall–Kier alpha value is -1.62. The molecule has 0 aliphatic heterocycles. The smallest absolute Gasteiger partial charge is 0.341 e. The molecule has 0 spiro atoms. The van der Waals surface area contributed by atoms with Crippen LogP contribution in [0.3, 0.4) is 0 Å². The van der Waals surface area contributed by atoms with Gasteiger partial charge in [-0.25, -0.2) is 4.79 Å². The van der Waals surface area contributed by atoms with Crippen LogP contribution in [0.4, 0.5) is 0 Å². The summed E-state index contributed by atoms with van der Waals surface area (Å²) in [4.78, 5) is 25.5. The van der Waals surface area contributed by atoms with Crippen LogP contribution in [-0.2, 0) is 4.79 Å². The highest BCUT2D eigenvalue weighted by molar-refractivity contribution is 9.10. The van der Waals surface area contributed by atoms with Gasteiger partial charge in [0.15, 0.2) is 0 Å². The van der Waals surface area contributed by atoms with E-state index in [0.29, 0.717) is 22.2 Å². The molecule has 0 radical (unpaired) electrons. The second-order valence-electron chi connectivity index (χ2n) is 4.18. The molecular formula is C14H16BrNO3. The lowest BCUT2D eigenvalue weighted by Crippen LogP contribution is -2.22. The lowest BCUT2D eigenvalue weighted by atomic mass is 10.00. The number of halogens is 1. The second kappa shape index (κ2) is 6.52. The van der Waals surface area contributed by atoms with Crippen LogP contribution in [0.15, 0.2) is 40.0 Å². The largest absolute Gasteiger partial charge is 0.477 e. The summed E-state index contributed by atoms with van der Waals surface area (Å²) in [6.07, 6.45) is 0.477. The molecule has 102 valence electrons. The Morgan fingerprint density at radius 2 is 1.84 bits per heavy atom. The van der Waals surface area contributed by atoms with E-state index in [1.807, 2.05) is 6.92 Å². The molecule has 0 aliphatic carbocycles. The van der Waals surface area contributed by atoms with E-state index in [1.54, 1.807) is 43.3 Å². The van der Waals surface area contributed by atoms with Crippen LogP contribution in [0.5, 0.6) is 0 Å². The average Bonchev–Trinajstić information content (AvgIpc) is 2.34. The molecule has 0 bridgehead atoms. The van der Waals surface area contributed by atoms with Crippen molar-refractivity contribution >= 4 is 27.7 Å². The minimum atomic E-state index is -1.20. The summed E-state index contributed by atoms with van der Waals surface area (Å²) in [7, 11) is 3.46. The number of allylic oxidation sites excluding steroid dienone is 1. The molecule has 0 fully saturated rings. The highest BCUT2D eigenvalue weighted by Crippen LogP contribution is 2.22. The maximum Gasteiger partial charge on any atom is 0.341 e. The number of rotatable bonds is 5. The van der Waals surface area contributed by atoms with Gasteiger partial charge in [0.25, 0.3) is 0 Å². The van der Waals surface area contributed by atoms with Crippen molar-refractivity contribution in [1.82, 2.24) is 4.90 Å². The monoisotopic (exact) mass is 325 g/mol. The van der Waals surface area contributed by atoms with Gasteiger partial charge in [-0.3, -0.25) is 4.79 Å². The second-order valence-corrected chi connectivity index (χ2v) is 5.04. The molecule has 0 heterocycles. The van der Waals surface area contributed by atoms with Crippen LogP contribution in [0.1, 0.15) is 23.7 Å². The van der Waals surface area contributed by atoms with Crippen LogP contribution in [0.2, 0.25) is 0 Å². The van der Waals surface area contributed by atoms with Crippen molar-refractivity contribution in [1.29, 1.82) is 0 Å². The Bertz CT molecular complexity index is 535. The van der Waals surface area contributed by atoms with Gasteiger partial charge in [0.1, 0.15) is 5.57 Å². The molecule has 0 amide bonds. The SMILES string of the molecule is CCC(=C(C(=O)O)C(=O)c1ccccc1Br)N(C)C. The van der Waals surface area contributed by atoms with E-state index in [4.69, 9.17) is 0 Å². The molecule has 0 aromatic heterocycles. The maximum absolute atomic E-state index is 12.4. The quantitative estimate of drug-likeness (QED) is 0.391. The van der Waals surface area contributed by atoms with E-state index >= 15 is 0 Å². The van der Waals surface area contributed by atoms with Crippen molar-refractivity contribution in [2.75, 3.05) is 14.1 Å². The molecule has 1 N–H and O–H groups in total. The third-order valence-electron chi connectivity index (χ3n) is 2.72. The molecule has 0 saturated heterocycles. The van der Waals surface area contributed by atoms with Crippen LogP contribution < -0.4 is 0 Å². The average molecular weight is 326 g/mol. The van der Waals surface area contributed by atoms with Crippen molar-refractivity contribution in [3.8, 4) is 0 Å². The van der Waals surface area contributed by atoms with E-state index in [-0.39, 0.29) is 5.57 Å².